The summed E-state index contributed by atoms with van der Waals surface area (Å²) in [5.41, 5.74) is 2.80. The molecule has 0 spiro atoms. The van der Waals surface area contributed by atoms with Crippen LogP contribution in [0.1, 0.15) is 22.8 Å². The lowest BCUT2D eigenvalue weighted by Gasteiger charge is -2.07. The van der Waals surface area contributed by atoms with Crippen LogP contribution in [-0.2, 0) is 4.79 Å². The summed E-state index contributed by atoms with van der Waals surface area (Å²) in [7, 11) is 0. The second-order valence-electron chi connectivity index (χ2n) is 5.22. The lowest BCUT2D eigenvalue weighted by Crippen LogP contribution is -2.15. The summed E-state index contributed by atoms with van der Waals surface area (Å²) in [6, 6.07) is 16.0. The maximum absolute atomic E-state index is 12.2. The average molecular weight is 319 g/mol. The monoisotopic (exact) mass is 319 g/mol. The first kappa shape index (κ1) is 17.0. The van der Waals surface area contributed by atoms with Crippen molar-refractivity contribution >= 4 is 23.1 Å². The van der Waals surface area contributed by atoms with Crippen molar-refractivity contribution in [2.45, 2.75) is 13.8 Å². The number of nitriles is 1. The lowest BCUT2D eigenvalue weighted by atomic mass is 10.1. The molecule has 2 aromatic carbocycles. The van der Waals surface area contributed by atoms with Gasteiger partial charge in [-0.3, -0.25) is 9.59 Å². The van der Waals surface area contributed by atoms with Crippen LogP contribution in [0.25, 0.3) is 0 Å². The van der Waals surface area contributed by atoms with E-state index in [4.69, 9.17) is 0 Å². The SMILES string of the molecule is CC(=O)c1ccc(N/C=C(/C#N)C(=O)Nc2ccccc2C)cc1. The van der Waals surface area contributed by atoms with Gasteiger partial charge in [0.15, 0.2) is 5.78 Å². The Morgan fingerprint density at radius 1 is 1.08 bits per heavy atom. The highest BCUT2D eigenvalue weighted by Crippen LogP contribution is 2.15. The van der Waals surface area contributed by atoms with Gasteiger partial charge in [0.1, 0.15) is 11.6 Å². The van der Waals surface area contributed by atoms with Crippen molar-refractivity contribution in [3.8, 4) is 6.07 Å². The van der Waals surface area contributed by atoms with Gasteiger partial charge in [-0.1, -0.05) is 18.2 Å². The summed E-state index contributed by atoms with van der Waals surface area (Å²) in [6.07, 6.45) is 1.34. The predicted molar refractivity (Wildman–Crippen MR) is 93.6 cm³/mol. The maximum Gasteiger partial charge on any atom is 0.267 e. The number of carbonyl (C=O) groups is 2. The Bertz CT molecular complexity index is 830. The van der Waals surface area contributed by atoms with Gasteiger partial charge in [-0.2, -0.15) is 5.26 Å². The topological polar surface area (TPSA) is 82.0 Å². The highest BCUT2D eigenvalue weighted by molar-refractivity contribution is 6.07. The van der Waals surface area contributed by atoms with Crippen molar-refractivity contribution in [3.63, 3.8) is 0 Å². The van der Waals surface area contributed by atoms with Crippen molar-refractivity contribution in [3.05, 3.63) is 71.4 Å². The molecule has 0 radical (unpaired) electrons. The first-order valence-electron chi connectivity index (χ1n) is 7.36. The van der Waals surface area contributed by atoms with Gasteiger partial charge in [0.2, 0.25) is 0 Å². The molecule has 0 atom stereocenters. The molecule has 5 nitrogen and oxygen atoms in total. The summed E-state index contributed by atoms with van der Waals surface area (Å²) in [6.45, 7) is 3.37. The van der Waals surface area contributed by atoms with Crippen LogP contribution >= 0.6 is 0 Å². The average Bonchev–Trinajstić information content (AvgIpc) is 2.58. The Labute approximate surface area is 140 Å². The molecule has 0 heterocycles. The normalized spacial score (nSPS) is 10.6. The molecule has 2 N–H and O–H groups in total. The number of benzene rings is 2. The standard InChI is InChI=1S/C19H17N3O2/c1-13-5-3-4-6-18(13)22-19(24)16(11-20)12-21-17-9-7-15(8-10-17)14(2)23/h3-10,12,21H,1-2H3,(H,22,24)/b16-12-. The van der Waals surface area contributed by atoms with E-state index in [1.54, 1.807) is 30.3 Å². The molecule has 0 unspecified atom stereocenters. The molecule has 0 fully saturated rings. The van der Waals surface area contributed by atoms with E-state index in [1.807, 2.05) is 31.2 Å². The number of amides is 1. The van der Waals surface area contributed by atoms with E-state index in [9.17, 15) is 14.9 Å². The Balaban J connectivity index is 2.08. The lowest BCUT2D eigenvalue weighted by molar-refractivity contribution is -0.112. The quantitative estimate of drug-likeness (QED) is 0.500. The second-order valence-corrected chi connectivity index (χ2v) is 5.22. The molecular weight excluding hydrogens is 302 g/mol. The predicted octanol–water partition coefficient (Wildman–Crippen LogP) is 3.66. The van der Waals surface area contributed by atoms with Crippen molar-refractivity contribution in [2.75, 3.05) is 10.6 Å². The highest BCUT2D eigenvalue weighted by atomic mass is 16.1. The fraction of sp³-hybridized carbons (Fsp3) is 0.105. The van der Waals surface area contributed by atoms with Gasteiger partial charge in [0, 0.05) is 23.1 Å². The molecule has 0 saturated carbocycles. The molecule has 120 valence electrons. The largest absolute Gasteiger partial charge is 0.360 e. The Morgan fingerprint density at radius 3 is 2.33 bits per heavy atom. The first-order valence-corrected chi connectivity index (χ1v) is 7.36. The first-order chi connectivity index (χ1) is 11.5. The summed E-state index contributed by atoms with van der Waals surface area (Å²) in [5.74, 6) is -0.507. The number of rotatable bonds is 5. The fourth-order valence-electron chi connectivity index (χ4n) is 2.01. The van der Waals surface area contributed by atoms with Crippen LogP contribution in [-0.4, -0.2) is 11.7 Å². The van der Waals surface area contributed by atoms with Crippen molar-refractivity contribution < 1.29 is 9.59 Å². The fourth-order valence-corrected chi connectivity index (χ4v) is 2.01. The second kappa shape index (κ2) is 7.75. The number of hydrogen-bond donors (Lipinski definition) is 2. The van der Waals surface area contributed by atoms with E-state index in [-0.39, 0.29) is 11.4 Å². The summed E-state index contributed by atoms with van der Waals surface area (Å²) in [4.78, 5) is 23.4. The van der Waals surface area contributed by atoms with Crippen molar-refractivity contribution in [1.82, 2.24) is 0 Å². The minimum atomic E-state index is -0.486. The zero-order valence-corrected chi connectivity index (χ0v) is 13.5. The van der Waals surface area contributed by atoms with Gasteiger partial charge < -0.3 is 10.6 Å². The van der Waals surface area contributed by atoms with E-state index < -0.39 is 5.91 Å². The molecule has 2 aromatic rings. The van der Waals surface area contributed by atoms with Crippen LogP contribution < -0.4 is 10.6 Å². The molecular formula is C19H17N3O2. The van der Waals surface area contributed by atoms with Crippen molar-refractivity contribution in [1.29, 1.82) is 5.26 Å². The van der Waals surface area contributed by atoms with Crippen molar-refractivity contribution in [2.24, 2.45) is 0 Å². The van der Waals surface area contributed by atoms with Crippen LogP contribution in [0.4, 0.5) is 11.4 Å². The van der Waals surface area contributed by atoms with E-state index in [1.165, 1.54) is 13.1 Å². The van der Waals surface area contributed by atoms with Gasteiger partial charge in [-0.15, -0.1) is 0 Å². The van der Waals surface area contributed by atoms with Crippen LogP contribution in [0.3, 0.4) is 0 Å². The number of Topliss-reactive ketones (excluding diaryl/α,β-unsaturated/α-hetero) is 1. The van der Waals surface area contributed by atoms with Crippen LogP contribution in [0.5, 0.6) is 0 Å². The molecule has 24 heavy (non-hydrogen) atoms. The van der Waals surface area contributed by atoms with E-state index in [2.05, 4.69) is 10.6 Å². The Kier molecular flexibility index (Phi) is 5.48. The van der Waals surface area contributed by atoms with Crippen LogP contribution in [0, 0.1) is 18.3 Å². The van der Waals surface area contributed by atoms with E-state index >= 15 is 0 Å². The zero-order chi connectivity index (χ0) is 17.5. The third-order valence-electron chi connectivity index (χ3n) is 3.43. The number of hydrogen-bond acceptors (Lipinski definition) is 4. The summed E-state index contributed by atoms with van der Waals surface area (Å²) in [5, 5.41) is 14.8. The number of nitrogens with one attached hydrogen (secondary N) is 2. The summed E-state index contributed by atoms with van der Waals surface area (Å²) < 4.78 is 0. The third kappa shape index (κ3) is 4.31. The molecule has 0 aliphatic heterocycles. The third-order valence-corrected chi connectivity index (χ3v) is 3.43. The molecule has 5 heteroatoms. The Morgan fingerprint density at radius 2 is 1.75 bits per heavy atom. The molecule has 0 saturated heterocycles. The van der Waals surface area contributed by atoms with Gasteiger partial charge in [0.25, 0.3) is 5.91 Å². The maximum atomic E-state index is 12.2. The zero-order valence-electron chi connectivity index (χ0n) is 13.5. The van der Waals surface area contributed by atoms with Gasteiger partial charge in [-0.25, -0.2) is 0 Å². The van der Waals surface area contributed by atoms with E-state index in [0.717, 1.165) is 5.56 Å². The summed E-state index contributed by atoms with van der Waals surface area (Å²) >= 11 is 0. The minimum absolute atomic E-state index is 0.0209. The Hall–Kier alpha value is -3.39. The smallest absolute Gasteiger partial charge is 0.267 e. The molecule has 0 aliphatic rings. The minimum Gasteiger partial charge on any atom is -0.360 e. The molecule has 0 bridgehead atoms. The number of ketones is 1. The van der Waals surface area contributed by atoms with Crippen LogP contribution in [0.2, 0.25) is 0 Å². The molecule has 1 amide bonds. The van der Waals surface area contributed by atoms with Gasteiger partial charge >= 0.3 is 0 Å². The molecule has 2 rings (SSSR count). The highest BCUT2D eigenvalue weighted by Gasteiger charge is 2.10. The van der Waals surface area contributed by atoms with Gasteiger partial charge in [-0.05, 0) is 49.7 Å². The number of carbonyl (C=O) groups excluding carboxylic acids is 2. The number of aryl methyl sites for hydroxylation is 1. The molecule has 0 aliphatic carbocycles. The number of anilines is 2. The molecule has 0 aromatic heterocycles. The van der Waals surface area contributed by atoms with E-state index in [0.29, 0.717) is 16.9 Å². The van der Waals surface area contributed by atoms with Gasteiger partial charge in [0.05, 0.1) is 0 Å². The van der Waals surface area contributed by atoms with Crippen LogP contribution in [0.15, 0.2) is 60.3 Å². The number of nitrogens with zero attached hydrogens (tertiary/aromatic N) is 1. The number of para-hydroxylation sites is 1.